The number of hydrogen-bond donors (Lipinski definition) is 1. The summed E-state index contributed by atoms with van der Waals surface area (Å²) in [6.45, 7) is 7.19. The van der Waals surface area contributed by atoms with Crippen LogP contribution >= 0.6 is 0 Å². The maximum Gasteiger partial charge on any atom is 0.335 e. The first-order chi connectivity index (χ1) is 12.7. The highest BCUT2D eigenvalue weighted by atomic mass is 16.5. The quantitative estimate of drug-likeness (QED) is 0.868. The highest BCUT2D eigenvalue weighted by Crippen LogP contribution is 2.22. The van der Waals surface area contributed by atoms with Crippen molar-refractivity contribution in [1.82, 2.24) is 15.0 Å². The van der Waals surface area contributed by atoms with Gasteiger partial charge in [-0.15, -0.1) is 0 Å². The molecule has 1 amide bonds. The number of nitrogens with zero attached hydrogens (tertiary/aromatic N) is 3. The zero-order chi connectivity index (χ0) is 19.6. The van der Waals surface area contributed by atoms with Gasteiger partial charge in [-0.05, 0) is 36.1 Å². The lowest BCUT2D eigenvalue weighted by molar-refractivity contribution is -0.132. The van der Waals surface area contributed by atoms with Crippen LogP contribution in [-0.2, 0) is 29.6 Å². The molecule has 1 aromatic carbocycles. The zero-order valence-corrected chi connectivity index (χ0v) is 16.0. The van der Waals surface area contributed by atoms with Gasteiger partial charge in [-0.25, -0.2) is 4.79 Å². The first-order valence-electron chi connectivity index (χ1n) is 9.20. The van der Waals surface area contributed by atoms with E-state index in [4.69, 9.17) is 9.63 Å². The van der Waals surface area contributed by atoms with Gasteiger partial charge in [0.15, 0.2) is 5.82 Å². The van der Waals surface area contributed by atoms with Crippen molar-refractivity contribution in [3.8, 4) is 0 Å². The van der Waals surface area contributed by atoms with Crippen molar-refractivity contribution < 1.29 is 19.2 Å². The summed E-state index contributed by atoms with van der Waals surface area (Å²) >= 11 is 0. The lowest BCUT2D eigenvalue weighted by atomic mass is 9.96. The first kappa shape index (κ1) is 19.1. The molecule has 0 spiro atoms. The van der Waals surface area contributed by atoms with E-state index in [1.54, 1.807) is 17.0 Å². The average molecular weight is 371 g/mol. The number of benzene rings is 1. The van der Waals surface area contributed by atoms with E-state index in [0.29, 0.717) is 44.1 Å². The SMILES string of the molecule is CC(C)(C)c1noc(CCCC(=O)N2CCc3ccc(C(=O)O)cc3C2)n1. The van der Waals surface area contributed by atoms with E-state index < -0.39 is 5.97 Å². The Morgan fingerprint density at radius 1 is 1.26 bits per heavy atom. The minimum absolute atomic E-state index is 0.0666. The summed E-state index contributed by atoms with van der Waals surface area (Å²) < 4.78 is 5.26. The van der Waals surface area contributed by atoms with E-state index in [9.17, 15) is 9.59 Å². The van der Waals surface area contributed by atoms with Gasteiger partial charge in [-0.3, -0.25) is 4.79 Å². The predicted molar refractivity (Wildman–Crippen MR) is 98.5 cm³/mol. The van der Waals surface area contributed by atoms with Crippen LogP contribution in [0.15, 0.2) is 22.7 Å². The lowest BCUT2D eigenvalue weighted by Gasteiger charge is -2.29. The third-order valence-corrected chi connectivity index (χ3v) is 4.74. The van der Waals surface area contributed by atoms with Crippen LogP contribution < -0.4 is 0 Å². The predicted octanol–water partition coefficient (Wildman–Crippen LogP) is 2.97. The minimum atomic E-state index is -0.949. The molecule has 0 saturated carbocycles. The fourth-order valence-electron chi connectivity index (χ4n) is 3.11. The van der Waals surface area contributed by atoms with Gasteiger partial charge < -0.3 is 14.5 Å². The number of carboxylic acid groups (broad SMARTS) is 1. The molecule has 7 nitrogen and oxygen atoms in total. The summed E-state index contributed by atoms with van der Waals surface area (Å²) in [6, 6.07) is 5.14. The van der Waals surface area contributed by atoms with E-state index in [-0.39, 0.29) is 16.9 Å². The van der Waals surface area contributed by atoms with E-state index >= 15 is 0 Å². The van der Waals surface area contributed by atoms with Crippen molar-refractivity contribution in [3.05, 3.63) is 46.6 Å². The number of aryl methyl sites for hydroxylation is 1. The molecular formula is C20H25N3O4. The Morgan fingerprint density at radius 2 is 2.04 bits per heavy atom. The summed E-state index contributed by atoms with van der Waals surface area (Å²) in [6.07, 6.45) is 2.37. The molecule has 1 N–H and O–H groups in total. The summed E-state index contributed by atoms with van der Waals surface area (Å²) in [5, 5.41) is 13.1. The zero-order valence-electron chi connectivity index (χ0n) is 16.0. The highest BCUT2D eigenvalue weighted by Gasteiger charge is 2.23. The molecule has 0 unspecified atom stereocenters. The average Bonchev–Trinajstić information content (AvgIpc) is 3.10. The number of carbonyl (C=O) groups excluding carboxylic acids is 1. The van der Waals surface area contributed by atoms with Gasteiger partial charge in [-0.1, -0.05) is 32.0 Å². The van der Waals surface area contributed by atoms with Crippen LogP contribution in [0.1, 0.15) is 66.8 Å². The molecular weight excluding hydrogens is 346 g/mol. The Hall–Kier alpha value is -2.70. The number of carboxylic acids is 1. The number of carbonyl (C=O) groups is 2. The van der Waals surface area contributed by atoms with Crippen molar-refractivity contribution in [2.45, 2.75) is 58.4 Å². The third-order valence-electron chi connectivity index (χ3n) is 4.74. The fourth-order valence-corrected chi connectivity index (χ4v) is 3.11. The topological polar surface area (TPSA) is 96.5 Å². The van der Waals surface area contributed by atoms with Gasteiger partial charge in [0.25, 0.3) is 0 Å². The van der Waals surface area contributed by atoms with Gasteiger partial charge in [-0.2, -0.15) is 4.98 Å². The van der Waals surface area contributed by atoms with Gasteiger partial charge >= 0.3 is 5.97 Å². The Labute approximate surface area is 158 Å². The van der Waals surface area contributed by atoms with Crippen LogP contribution in [0, 0.1) is 0 Å². The maximum atomic E-state index is 12.5. The van der Waals surface area contributed by atoms with Crippen molar-refractivity contribution in [2.24, 2.45) is 0 Å². The molecule has 3 rings (SSSR count). The van der Waals surface area contributed by atoms with E-state index in [0.717, 1.165) is 17.5 Å². The number of aromatic nitrogens is 2. The molecule has 7 heteroatoms. The van der Waals surface area contributed by atoms with Crippen LogP contribution in [-0.4, -0.2) is 38.6 Å². The monoisotopic (exact) mass is 371 g/mol. The smallest absolute Gasteiger partial charge is 0.335 e. The second kappa shape index (κ2) is 7.50. The molecule has 27 heavy (non-hydrogen) atoms. The number of amides is 1. The van der Waals surface area contributed by atoms with E-state index in [2.05, 4.69) is 10.1 Å². The van der Waals surface area contributed by atoms with Crippen molar-refractivity contribution >= 4 is 11.9 Å². The molecule has 0 atom stereocenters. The van der Waals surface area contributed by atoms with Crippen molar-refractivity contribution in [2.75, 3.05) is 6.54 Å². The molecule has 0 saturated heterocycles. The number of hydrogen-bond acceptors (Lipinski definition) is 5. The Balaban J connectivity index is 1.54. The van der Waals surface area contributed by atoms with Gasteiger partial charge in [0.2, 0.25) is 11.8 Å². The molecule has 0 aliphatic carbocycles. The number of rotatable bonds is 5. The minimum Gasteiger partial charge on any atom is -0.478 e. The highest BCUT2D eigenvalue weighted by molar-refractivity contribution is 5.88. The van der Waals surface area contributed by atoms with Crippen LogP contribution in [0.25, 0.3) is 0 Å². The van der Waals surface area contributed by atoms with E-state index in [1.165, 1.54) is 0 Å². The summed E-state index contributed by atoms with van der Waals surface area (Å²) in [5.41, 5.74) is 2.13. The van der Waals surface area contributed by atoms with Gasteiger partial charge in [0.05, 0.1) is 5.56 Å². The van der Waals surface area contributed by atoms with E-state index in [1.807, 2.05) is 26.8 Å². The molecule has 0 fully saturated rings. The third kappa shape index (κ3) is 4.53. The Kier molecular flexibility index (Phi) is 5.30. The second-order valence-electron chi connectivity index (χ2n) is 7.97. The summed E-state index contributed by atoms with van der Waals surface area (Å²) in [7, 11) is 0. The Bertz CT molecular complexity index is 851. The molecule has 1 aromatic heterocycles. The standard InChI is InChI=1S/C20H25N3O4/c1-20(2,3)19-21-16(27-22-19)5-4-6-17(24)23-10-9-13-7-8-14(18(25)26)11-15(13)12-23/h7-8,11H,4-6,9-10,12H2,1-3H3,(H,25,26). The molecule has 1 aliphatic rings. The number of aromatic carboxylic acids is 1. The van der Waals surface area contributed by atoms with Crippen LogP contribution in [0.3, 0.4) is 0 Å². The molecule has 0 bridgehead atoms. The van der Waals surface area contributed by atoms with Crippen molar-refractivity contribution in [3.63, 3.8) is 0 Å². The molecule has 0 radical (unpaired) electrons. The molecule has 144 valence electrons. The molecule has 1 aliphatic heterocycles. The maximum absolute atomic E-state index is 12.5. The molecule has 2 aromatic rings. The summed E-state index contributed by atoms with van der Waals surface area (Å²) in [5.74, 6) is 0.348. The second-order valence-corrected chi connectivity index (χ2v) is 7.97. The van der Waals surface area contributed by atoms with Crippen LogP contribution in [0.5, 0.6) is 0 Å². The molecule has 2 heterocycles. The largest absolute Gasteiger partial charge is 0.478 e. The van der Waals surface area contributed by atoms with Gasteiger partial charge in [0, 0.05) is 31.3 Å². The lowest BCUT2D eigenvalue weighted by Crippen LogP contribution is -2.36. The summed E-state index contributed by atoms with van der Waals surface area (Å²) in [4.78, 5) is 29.8. The van der Waals surface area contributed by atoms with Crippen LogP contribution in [0.2, 0.25) is 0 Å². The number of fused-ring (bicyclic) bond motifs is 1. The van der Waals surface area contributed by atoms with Gasteiger partial charge in [0.1, 0.15) is 0 Å². The van der Waals surface area contributed by atoms with Crippen molar-refractivity contribution in [1.29, 1.82) is 0 Å². The first-order valence-corrected chi connectivity index (χ1v) is 9.20. The fraction of sp³-hybridized carbons (Fsp3) is 0.500. The van der Waals surface area contributed by atoms with Crippen LogP contribution in [0.4, 0.5) is 0 Å². The normalized spacial score (nSPS) is 14.1. The Morgan fingerprint density at radius 3 is 2.70 bits per heavy atom.